The number of halogens is 1. The van der Waals surface area contributed by atoms with Gasteiger partial charge in [0.05, 0.1) is 24.0 Å². The molecule has 0 fully saturated rings. The Morgan fingerprint density at radius 2 is 1.76 bits per heavy atom. The van der Waals surface area contributed by atoms with E-state index in [9.17, 15) is 23.6 Å². The molecule has 3 amide bonds. The van der Waals surface area contributed by atoms with Gasteiger partial charge in [0.2, 0.25) is 5.91 Å². The number of nitrogens with zero attached hydrogens (tertiary/aromatic N) is 5. The normalized spacial score (nSPS) is 12.2. The van der Waals surface area contributed by atoms with Crippen molar-refractivity contribution in [2.45, 2.75) is 66.0 Å². The van der Waals surface area contributed by atoms with Crippen LogP contribution in [-0.2, 0) is 33.7 Å². The molecule has 12 nitrogen and oxygen atoms in total. The van der Waals surface area contributed by atoms with Gasteiger partial charge in [0.25, 0.3) is 11.5 Å². The molecule has 0 aromatic carbocycles. The minimum absolute atomic E-state index is 0.00355. The van der Waals surface area contributed by atoms with Crippen molar-refractivity contribution in [1.82, 2.24) is 29.3 Å². The molecule has 3 aromatic rings. The minimum atomic E-state index is -1.23. The number of fused-ring (bicyclic) bond motifs is 1. The second-order valence-corrected chi connectivity index (χ2v) is 12.3. The zero-order valence-electron chi connectivity index (χ0n) is 27.3. The zero-order valence-corrected chi connectivity index (χ0v) is 27.3. The van der Waals surface area contributed by atoms with Gasteiger partial charge in [-0.1, -0.05) is 33.8 Å². The van der Waals surface area contributed by atoms with Crippen LogP contribution in [0.15, 0.2) is 35.3 Å². The first kappa shape index (κ1) is 34.9. The Labute approximate surface area is 262 Å². The van der Waals surface area contributed by atoms with Gasteiger partial charge in [-0.25, -0.2) is 14.2 Å². The summed E-state index contributed by atoms with van der Waals surface area (Å²) in [5.41, 5.74) is 1.55. The van der Waals surface area contributed by atoms with Gasteiger partial charge < -0.3 is 29.4 Å². The van der Waals surface area contributed by atoms with Gasteiger partial charge in [0, 0.05) is 33.9 Å². The van der Waals surface area contributed by atoms with Gasteiger partial charge in [-0.3, -0.25) is 19.4 Å². The highest BCUT2D eigenvalue weighted by molar-refractivity contribution is 5.95. The molecule has 0 saturated carbocycles. The van der Waals surface area contributed by atoms with E-state index in [1.54, 1.807) is 26.2 Å². The van der Waals surface area contributed by atoms with Crippen molar-refractivity contribution in [2.75, 3.05) is 33.5 Å². The summed E-state index contributed by atoms with van der Waals surface area (Å²) in [5, 5.41) is 2.63. The Morgan fingerprint density at radius 3 is 2.38 bits per heavy atom. The van der Waals surface area contributed by atoms with E-state index in [4.69, 9.17) is 4.74 Å². The van der Waals surface area contributed by atoms with E-state index in [2.05, 4.69) is 20.3 Å². The zero-order chi connectivity index (χ0) is 33.4. The molecule has 3 heterocycles. The molecule has 13 heteroatoms. The molecule has 0 aliphatic heterocycles. The maximum atomic E-state index is 14.7. The maximum absolute atomic E-state index is 14.7. The first-order chi connectivity index (χ1) is 21.2. The van der Waals surface area contributed by atoms with E-state index in [0.29, 0.717) is 35.6 Å². The third-order valence-electron chi connectivity index (χ3n) is 6.85. The first-order valence-corrected chi connectivity index (χ1v) is 15.0. The monoisotopic (exact) mass is 625 g/mol. The Kier molecular flexibility index (Phi) is 12.0. The van der Waals surface area contributed by atoms with Crippen molar-refractivity contribution in [1.29, 1.82) is 0 Å². The molecule has 0 saturated heterocycles. The quantitative estimate of drug-likeness (QED) is 0.272. The van der Waals surface area contributed by atoms with Gasteiger partial charge in [-0.2, -0.15) is 0 Å². The molecular formula is C32H44FN7O5. The molecule has 3 aromatic heterocycles. The van der Waals surface area contributed by atoms with E-state index >= 15 is 0 Å². The van der Waals surface area contributed by atoms with Crippen LogP contribution in [0.5, 0.6) is 0 Å². The van der Waals surface area contributed by atoms with Crippen LogP contribution in [0.1, 0.15) is 57.7 Å². The smallest absolute Gasteiger partial charge is 0.410 e. The standard InChI is InChI=1S/C32H44FN7O5/c1-19(2)15-21-13-14-23(35-30(42)25(45-32(44)39(7)8)11-9-10-12-27(41)38(5)6)31(43)40(21)18-26-36-28-22(33)17-34-24(16-20(3)4)29(28)37-26/h10,12-14,17,19-20,25H,9,11,15-16,18H2,1-8H3,(H,35,42)(H,36,37)/b12-10+/t25-/m0/s1. The molecule has 2 N–H and O–H groups in total. The van der Waals surface area contributed by atoms with Gasteiger partial charge in [-0.15, -0.1) is 0 Å². The summed E-state index contributed by atoms with van der Waals surface area (Å²) in [6.07, 6.45) is 3.72. The lowest BCUT2D eigenvalue weighted by Gasteiger charge is -2.20. The largest absolute Gasteiger partial charge is 0.436 e. The number of ether oxygens (including phenoxy) is 1. The van der Waals surface area contributed by atoms with Crippen molar-refractivity contribution < 1.29 is 23.5 Å². The third-order valence-corrected chi connectivity index (χ3v) is 6.85. The molecular weight excluding hydrogens is 581 g/mol. The SMILES string of the molecule is CC(C)Cc1ncc(F)c2nc(Cn3c(CC(C)C)ccc(NC(=O)[C@H](CC/C=C/C(=O)N(C)C)OC(=O)N(C)C)c3=O)[nH]c12. The van der Waals surface area contributed by atoms with Crippen LogP contribution < -0.4 is 10.9 Å². The number of anilines is 1. The highest BCUT2D eigenvalue weighted by Crippen LogP contribution is 2.21. The van der Waals surface area contributed by atoms with Crippen LogP contribution >= 0.6 is 0 Å². The van der Waals surface area contributed by atoms with Crippen molar-refractivity contribution in [3.8, 4) is 0 Å². The Bertz CT molecular complexity index is 1610. The molecule has 45 heavy (non-hydrogen) atoms. The van der Waals surface area contributed by atoms with E-state index in [0.717, 1.165) is 6.20 Å². The number of carbonyl (C=O) groups is 3. The number of aromatic amines is 1. The average molecular weight is 626 g/mol. The lowest BCUT2D eigenvalue weighted by Crippen LogP contribution is -2.38. The lowest BCUT2D eigenvalue weighted by molar-refractivity contribution is -0.125. The second kappa shape index (κ2) is 15.4. The number of likely N-dealkylation sites (N-methyl/N-ethyl adjacent to an activating group) is 1. The number of hydrogen-bond acceptors (Lipinski definition) is 7. The number of nitrogens with one attached hydrogen (secondary N) is 2. The Balaban J connectivity index is 1.94. The van der Waals surface area contributed by atoms with E-state index in [1.807, 2.05) is 27.7 Å². The van der Waals surface area contributed by atoms with Crippen LogP contribution in [-0.4, -0.2) is 81.5 Å². The van der Waals surface area contributed by atoms with E-state index < -0.39 is 29.5 Å². The number of rotatable bonds is 13. The summed E-state index contributed by atoms with van der Waals surface area (Å²) in [4.78, 5) is 65.8. The fourth-order valence-corrected chi connectivity index (χ4v) is 4.58. The van der Waals surface area contributed by atoms with Crippen LogP contribution in [0, 0.1) is 17.7 Å². The number of amides is 3. The maximum Gasteiger partial charge on any atom is 0.410 e. The van der Waals surface area contributed by atoms with Gasteiger partial charge in [0.1, 0.15) is 17.0 Å². The van der Waals surface area contributed by atoms with Crippen LogP contribution in [0.3, 0.4) is 0 Å². The summed E-state index contributed by atoms with van der Waals surface area (Å²) < 4.78 is 21.6. The van der Waals surface area contributed by atoms with Crippen molar-refractivity contribution in [3.63, 3.8) is 0 Å². The van der Waals surface area contributed by atoms with Gasteiger partial charge in [-0.05, 0) is 55.7 Å². The topological polar surface area (TPSA) is 143 Å². The minimum Gasteiger partial charge on any atom is -0.436 e. The summed E-state index contributed by atoms with van der Waals surface area (Å²) in [6, 6.07) is 3.28. The number of allylic oxidation sites excluding steroid dienone is 1. The molecule has 0 bridgehead atoms. The fourth-order valence-electron chi connectivity index (χ4n) is 4.58. The van der Waals surface area contributed by atoms with E-state index in [1.165, 1.54) is 40.6 Å². The molecule has 0 aliphatic carbocycles. The van der Waals surface area contributed by atoms with Crippen LogP contribution in [0.4, 0.5) is 14.9 Å². The summed E-state index contributed by atoms with van der Waals surface area (Å²) in [6.45, 7) is 8.13. The molecule has 0 radical (unpaired) electrons. The van der Waals surface area contributed by atoms with E-state index in [-0.39, 0.29) is 48.3 Å². The van der Waals surface area contributed by atoms with Crippen molar-refractivity contribution >= 4 is 34.6 Å². The molecule has 0 spiro atoms. The van der Waals surface area contributed by atoms with Crippen molar-refractivity contribution in [3.05, 3.63) is 63.9 Å². The number of H-pyrrole nitrogens is 1. The first-order valence-electron chi connectivity index (χ1n) is 15.0. The average Bonchev–Trinajstić information content (AvgIpc) is 3.39. The van der Waals surface area contributed by atoms with Gasteiger partial charge in [0.15, 0.2) is 11.9 Å². The predicted octanol–water partition coefficient (Wildman–Crippen LogP) is 4.13. The highest BCUT2D eigenvalue weighted by atomic mass is 19.1. The van der Waals surface area contributed by atoms with Crippen LogP contribution in [0.2, 0.25) is 0 Å². The number of aromatic nitrogens is 4. The number of imidazole rings is 1. The Morgan fingerprint density at radius 1 is 1.07 bits per heavy atom. The summed E-state index contributed by atoms with van der Waals surface area (Å²) >= 11 is 0. The highest BCUT2D eigenvalue weighted by Gasteiger charge is 2.25. The summed E-state index contributed by atoms with van der Waals surface area (Å²) in [5.74, 6) is -0.593. The number of hydrogen-bond donors (Lipinski definition) is 2. The molecule has 1 atom stereocenters. The second-order valence-electron chi connectivity index (χ2n) is 12.3. The molecule has 0 unspecified atom stereocenters. The summed E-state index contributed by atoms with van der Waals surface area (Å²) in [7, 11) is 6.22. The number of pyridine rings is 2. The number of carbonyl (C=O) groups excluding carboxylic acids is 3. The van der Waals surface area contributed by atoms with Crippen molar-refractivity contribution in [2.24, 2.45) is 11.8 Å². The lowest BCUT2D eigenvalue weighted by atomic mass is 10.1. The molecule has 244 valence electrons. The molecule has 3 rings (SSSR count). The van der Waals surface area contributed by atoms with Gasteiger partial charge >= 0.3 is 6.09 Å². The fraction of sp³-hybridized carbons (Fsp3) is 0.500. The Hall–Kier alpha value is -4.55. The predicted molar refractivity (Wildman–Crippen MR) is 170 cm³/mol. The molecule has 0 aliphatic rings. The van der Waals surface area contributed by atoms with Crippen LogP contribution in [0.25, 0.3) is 11.0 Å². The third kappa shape index (κ3) is 9.47.